The third-order valence-electron chi connectivity index (χ3n) is 1.96. The fourth-order valence-electron chi connectivity index (χ4n) is 1.96. The Balaban J connectivity index is 3.98. The maximum absolute atomic E-state index is 2.50. The quantitative estimate of drug-likeness (QED) is 0.636. The van der Waals surface area contributed by atoms with E-state index < -0.39 is 14.6 Å². The van der Waals surface area contributed by atoms with Crippen LogP contribution in [0.3, 0.4) is 0 Å². The molecule has 0 aromatic heterocycles. The molecule has 0 aromatic carbocycles. The summed E-state index contributed by atoms with van der Waals surface area (Å²) in [4.78, 5) is 0. The normalized spacial score (nSPS) is 12.6. The minimum atomic E-state index is -1.09. The van der Waals surface area contributed by atoms with Gasteiger partial charge in [0.2, 0.25) is 0 Å². The third-order valence-corrected chi connectivity index (χ3v) is 10.2. The molecule has 1 nitrogen and oxygen atoms in total. The number of hydrogen-bond donors (Lipinski definition) is 0. The summed E-state index contributed by atoms with van der Waals surface area (Å²) < 4.78 is 4.40. The van der Waals surface area contributed by atoms with Gasteiger partial charge in [0.05, 0.1) is 0 Å². The van der Waals surface area contributed by atoms with Crippen LogP contribution in [-0.2, 0) is 0 Å². The summed E-state index contributed by atoms with van der Waals surface area (Å²) in [6.45, 7) is 9.46. The van der Waals surface area contributed by atoms with Gasteiger partial charge in [-0.25, -0.2) is 0 Å². The van der Waals surface area contributed by atoms with Gasteiger partial charge >= 0.3 is 69.7 Å². The van der Waals surface area contributed by atoms with Crippen molar-refractivity contribution in [3.05, 3.63) is 0 Å². The average Bonchev–Trinajstić information content (AvgIpc) is 1.59. The Bertz CT molecular complexity index is 70.2. The zero-order valence-corrected chi connectivity index (χ0v) is 10.6. The standard InChI is InChI=1S/C8H21GeN/c1-7(2)9(8(3)4)10(5)6/h7-9H,1-6H3. The van der Waals surface area contributed by atoms with E-state index in [9.17, 15) is 0 Å². The van der Waals surface area contributed by atoms with E-state index in [1.165, 1.54) is 0 Å². The average molecular weight is 204 g/mol. The molecule has 2 heteroatoms. The van der Waals surface area contributed by atoms with Crippen LogP contribution >= 0.6 is 0 Å². The minimum absolute atomic E-state index is 0.947. The monoisotopic (exact) mass is 205 g/mol. The van der Waals surface area contributed by atoms with Crippen molar-refractivity contribution in [1.29, 1.82) is 0 Å². The molecule has 0 aliphatic rings. The molecule has 0 aliphatic carbocycles. The molecule has 0 amide bonds. The van der Waals surface area contributed by atoms with Gasteiger partial charge < -0.3 is 0 Å². The first-order valence-electron chi connectivity index (χ1n) is 4.13. The van der Waals surface area contributed by atoms with E-state index in [1.807, 2.05) is 0 Å². The third kappa shape index (κ3) is 3.06. The topological polar surface area (TPSA) is 3.24 Å². The predicted molar refractivity (Wildman–Crippen MR) is 51.0 cm³/mol. The Morgan fingerprint density at radius 3 is 1.20 bits per heavy atom. The summed E-state index contributed by atoms with van der Waals surface area (Å²) >= 11 is -1.09. The first-order chi connectivity index (χ1) is 4.46. The van der Waals surface area contributed by atoms with E-state index in [2.05, 4.69) is 45.6 Å². The fourth-order valence-corrected chi connectivity index (χ4v) is 10.2. The van der Waals surface area contributed by atoms with Gasteiger partial charge in [0.25, 0.3) is 0 Å². The molecule has 0 N–H and O–H groups in total. The second kappa shape index (κ2) is 4.40. The van der Waals surface area contributed by atoms with Crippen molar-refractivity contribution in [2.24, 2.45) is 0 Å². The molecule has 62 valence electrons. The van der Waals surface area contributed by atoms with Gasteiger partial charge in [-0.3, -0.25) is 0 Å². The second-order valence-electron chi connectivity index (χ2n) is 3.94. The fraction of sp³-hybridized carbons (Fsp3) is 1.00. The van der Waals surface area contributed by atoms with E-state index >= 15 is 0 Å². The van der Waals surface area contributed by atoms with Crippen molar-refractivity contribution in [2.75, 3.05) is 14.1 Å². The summed E-state index contributed by atoms with van der Waals surface area (Å²) in [6.07, 6.45) is 0. The van der Waals surface area contributed by atoms with Gasteiger partial charge in [0, 0.05) is 0 Å². The van der Waals surface area contributed by atoms with Gasteiger partial charge in [-0.05, 0) is 0 Å². The molecule has 0 spiro atoms. The summed E-state index contributed by atoms with van der Waals surface area (Å²) in [5, 5.41) is 0. The zero-order chi connectivity index (χ0) is 8.31. The molecule has 0 fully saturated rings. The molecule has 0 unspecified atom stereocenters. The van der Waals surface area contributed by atoms with Gasteiger partial charge in [-0.2, -0.15) is 0 Å². The summed E-state index contributed by atoms with van der Waals surface area (Å²) in [6, 6.07) is 0. The van der Waals surface area contributed by atoms with Crippen LogP contribution in [0.15, 0.2) is 0 Å². The molecule has 0 bridgehead atoms. The van der Waals surface area contributed by atoms with Crippen molar-refractivity contribution in [3.8, 4) is 0 Å². The van der Waals surface area contributed by atoms with Crippen molar-refractivity contribution >= 4 is 14.6 Å². The van der Waals surface area contributed by atoms with E-state index in [4.69, 9.17) is 0 Å². The SMILES string of the molecule is C[CH](C)[GeH]([CH](C)C)[N](C)C. The van der Waals surface area contributed by atoms with Crippen molar-refractivity contribution in [1.82, 2.24) is 3.86 Å². The first-order valence-corrected chi connectivity index (χ1v) is 8.01. The van der Waals surface area contributed by atoms with Crippen LogP contribution in [0.5, 0.6) is 0 Å². The number of hydrogen-bond acceptors (Lipinski definition) is 1. The molecule has 0 heterocycles. The predicted octanol–water partition coefficient (Wildman–Crippen LogP) is 2.09. The molecule has 0 saturated heterocycles. The van der Waals surface area contributed by atoms with E-state index in [0.29, 0.717) is 0 Å². The van der Waals surface area contributed by atoms with Gasteiger partial charge in [-0.15, -0.1) is 0 Å². The Morgan fingerprint density at radius 1 is 0.900 bits per heavy atom. The van der Waals surface area contributed by atoms with Crippen LogP contribution < -0.4 is 0 Å². The summed E-state index contributed by atoms with van der Waals surface area (Å²) in [5.74, 6) is 0. The second-order valence-corrected chi connectivity index (χ2v) is 13.8. The van der Waals surface area contributed by atoms with Gasteiger partial charge in [-0.1, -0.05) is 0 Å². The van der Waals surface area contributed by atoms with Crippen LogP contribution in [0.2, 0.25) is 9.50 Å². The number of nitrogens with zero attached hydrogens (tertiary/aromatic N) is 1. The Hall–Kier alpha value is 0.503. The van der Waals surface area contributed by atoms with E-state index in [1.54, 1.807) is 0 Å². The summed E-state index contributed by atoms with van der Waals surface area (Å²) in [5.41, 5.74) is 0. The zero-order valence-electron chi connectivity index (χ0n) is 8.18. The Labute approximate surface area is 70.1 Å². The molecule has 0 aliphatic heterocycles. The van der Waals surface area contributed by atoms with Gasteiger partial charge in [0.15, 0.2) is 0 Å². The molecule has 0 rings (SSSR count). The van der Waals surface area contributed by atoms with Crippen molar-refractivity contribution in [2.45, 2.75) is 37.2 Å². The van der Waals surface area contributed by atoms with Crippen LogP contribution in [0, 0.1) is 0 Å². The van der Waals surface area contributed by atoms with Crippen molar-refractivity contribution < 1.29 is 0 Å². The van der Waals surface area contributed by atoms with Crippen LogP contribution in [0.4, 0.5) is 0 Å². The maximum atomic E-state index is 2.50. The number of rotatable bonds is 3. The van der Waals surface area contributed by atoms with Crippen LogP contribution in [0.1, 0.15) is 27.7 Å². The molecular formula is C8H21GeN. The molecule has 0 atom stereocenters. The van der Waals surface area contributed by atoms with Crippen molar-refractivity contribution in [3.63, 3.8) is 0 Å². The molecule has 0 saturated carbocycles. The summed E-state index contributed by atoms with van der Waals surface area (Å²) in [7, 11) is 4.48. The van der Waals surface area contributed by atoms with Crippen LogP contribution in [-0.4, -0.2) is 32.5 Å². The molecule has 0 aromatic rings. The Kier molecular flexibility index (Phi) is 4.62. The van der Waals surface area contributed by atoms with Gasteiger partial charge in [0.1, 0.15) is 0 Å². The molecular weight excluding hydrogens is 183 g/mol. The Morgan fingerprint density at radius 2 is 1.20 bits per heavy atom. The van der Waals surface area contributed by atoms with E-state index in [0.717, 1.165) is 9.50 Å². The van der Waals surface area contributed by atoms with E-state index in [-0.39, 0.29) is 0 Å². The van der Waals surface area contributed by atoms with Crippen LogP contribution in [0.25, 0.3) is 0 Å². The molecule has 10 heavy (non-hydrogen) atoms. The molecule has 0 radical (unpaired) electrons. The first kappa shape index (κ1) is 10.5.